The number of nitriles is 1. The number of esters is 1. The Kier molecular flexibility index (Phi) is 18.3. The van der Waals surface area contributed by atoms with E-state index in [1.54, 1.807) is 0 Å². The Labute approximate surface area is 279 Å². The Morgan fingerprint density at radius 3 is 1.64 bits per heavy atom. The van der Waals surface area contributed by atoms with Gasteiger partial charge in [0.15, 0.2) is 0 Å². The van der Waals surface area contributed by atoms with Crippen LogP contribution in [0.5, 0.6) is 0 Å². The highest BCUT2D eigenvalue weighted by Crippen LogP contribution is 2.60. The van der Waals surface area contributed by atoms with E-state index < -0.39 is 65.5 Å². The molecule has 1 unspecified atom stereocenters. The fraction of sp³-hybridized carbons (Fsp3) is 0.893. The van der Waals surface area contributed by atoms with E-state index in [4.69, 9.17) is 12.2 Å². The van der Waals surface area contributed by atoms with Gasteiger partial charge in [0, 0.05) is 0 Å². The highest BCUT2D eigenvalue weighted by Gasteiger charge is 2.90. The number of carbonyl (C=O) groups is 1. The molecule has 276 valence electrons. The zero-order valence-corrected chi connectivity index (χ0v) is 28.3. The van der Waals surface area contributed by atoms with Gasteiger partial charge in [-0.2, -0.15) is 62.3 Å². The third-order valence-electron chi connectivity index (χ3n) is 6.88. The van der Waals surface area contributed by atoms with E-state index in [-0.39, 0.29) is 9.95 Å². The average molecular weight is 764 g/mol. The molecule has 0 aromatic heterocycles. The van der Waals surface area contributed by atoms with E-state index in [0.29, 0.717) is 17.5 Å². The Bertz CT molecular complexity index is 1030. The quantitative estimate of drug-likeness (QED) is 0.0474. The maximum Gasteiger partial charge on any atom is 0.460 e. The number of hydrogen-bond donors (Lipinski definition) is 0. The van der Waals surface area contributed by atoms with E-state index in [0.717, 1.165) is 50.3 Å². The van der Waals surface area contributed by atoms with Crippen molar-refractivity contribution in [1.82, 2.24) is 0 Å². The fourth-order valence-corrected chi connectivity index (χ4v) is 6.79. The Balaban J connectivity index is 5.28. The van der Waals surface area contributed by atoms with Crippen LogP contribution in [0.3, 0.4) is 0 Å². The van der Waals surface area contributed by atoms with Crippen LogP contribution in [-0.2, 0) is 9.53 Å². The first-order valence-corrected chi connectivity index (χ1v) is 16.9. The molecule has 47 heavy (non-hydrogen) atoms. The molecule has 0 saturated heterocycles. The van der Waals surface area contributed by atoms with Crippen LogP contribution in [-0.4, -0.2) is 62.9 Å². The number of unbranched alkanes of at least 4 members (excludes halogenated alkanes) is 9. The SMILES string of the molecule is CCCCCCCCCCCCSC(=S)SC(CC(C)(C)C#N)C(=O)OCCC(F)(F)C(F)(F)C(F)(F)C(F)(F)C(F)(F)C(F)(F)F. The Morgan fingerprint density at radius 2 is 1.19 bits per heavy atom. The summed E-state index contributed by atoms with van der Waals surface area (Å²) in [5, 5.41) is 7.91. The van der Waals surface area contributed by atoms with Crippen LogP contribution >= 0.6 is 35.7 Å². The second-order valence-corrected chi connectivity index (χ2v) is 15.0. The number of thiocarbonyl (C=S) groups is 1. The van der Waals surface area contributed by atoms with Crippen LogP contribution in [0.4, 0.5) is 57.1 Å². The summed E-state index contributed by atoms with van der Waals surface area (Å²) in [6.45, 7) is 3.03. The Hall–Kier alpha value is -1.16. The third-order valence-corrected chi connectivity index (χ3v) is 9.73. The molecule has 0 radical (unpaired) electrons. The standard InChI is InChI=1S/C28H38F13NO2S3/c1-4-5-6-7-8-9-10-11-12-13-16-46-21(45)47-19(17-22(2,3)18-42)20(43)44-15-14-23(29,30)24(31,32)25(33,34)26(35,36)27(37,38)28(39,40)41/h19H,4-17H2,1-3H3. The minimum atomic E-state index is -8.01. The lowest BCUT2D eigenvalue weighted by molar-refractivity contribution is -0.440. The van der Waals surface area contributed by atoms with Gasteiger partial charge in [-0.25, -0.2) is 0 Å². The van der Waals surface area contributed by atoms with Gasteiger partial charge < -0.3 is 4.74 Å². The highest BCUT2D eigenvalue weighted by atomic mass is 32.2. The van der Waals surface area contributed by atoms with Crippen molar-refractivity contribution in [3.8, 4) is 6.07 Å². The normalized spacial score (nSPS) is 14.5. The van der Waals surface area contributed by atoms with Crippen LogP contribution in [0.25, 0.3) is 0 Å². The highest BCUT2D eigenvalue weighted by molar-refractivity contribution is 8.47. The summed E-state index contributed by atoms with van der Waals surface area (Å²) in [5.74, 6) is -38.5. The van der Waals surface area contributed by atoms with Gasteiger partial charge in [-0.3, -0.25) is 4.79 Å². The number of carbonyl (C=O) groups excluding carboxylic acids is 1. The van der Waals surface area contributed by atoms with Crippen molar-refractivity contribution < 1.29 is 66.6 Å². The zero-order chi connectivity index (χ0) is 37.0. The molecule has 0 aromatic carbocycles. The van der Waals surface area contributed by atoms with Crippen LogP contribution in [0, 0.1) is 16.7 Å². The van der Waals surface area contributed by atoms with Crippen molar-refractivity contribution >= 4 is 45.2 Å². The van der Waals surface area contributed by atoms with Crippen LogP contribution < -0.4 is 0 Å². The molecule has 0 rings (SSSR count). The second kappa shape index (κ2) is 18.7. The summed E-state index contributed by atoms with van der Waals surface area (Å²) < 4.78 is 178. The molecule has 0 aromatic rings. The van der Waals surface area contributed by atoms with E-state index in [1.807, 2.05) is 6.07 Å². The zero-order valence-electron chi connectivity index (χ0n) is 25.9. The number of halogens is 13. The third kappa shape index (κ3) is 12.9. The molecule has 1 atom stereocenters. The van der Waals surface area contributed by atoms with Gasteiger partial charge in [0.2, 0.25) is 0 Å². The lowest BCUT2D eigenvalue weighted by Gasteiger charge is -2.39. The summed E-state index contributed by atoms with van der Waals surface area (Å²) in [6, 6.07) is 1.86. The lowest BCUT2D eigenvalue weighted by Crippen LogP contribution is -2.70. The lowest BCUT2D eigenvalue weighted by atomic mass is 9.89. The molecular formula is C28H38F13NO2S3. The molecule has 0 bridgehead atoms. The summed E-state index contributed by atoms with van der Waals surface area (Å²) in [4.78, 5) is 12.6. The van der Waals surface area contributed by atoms with Crippen LogP contribution in [0.2, 0.25) is 0 Å². The van der Waals surface area contributed by atoms with Crippen LogP contribution in [0.1, 0.15) is 97.8 Å². The van der Waals surface area contributed by atoms with E-state index in [9.17, 15) is 67.1 Å². The number of alkyl halides is 13. The predicted octanol–water partition coefficient (Wildman–Crippen LogP) is 11.6. The molecule has 0 saturated carbocycles. The minimum absolute atomic E-state index is 0.168. The molecular weight excluding hydrogens is 725 g/mol. The summed E-state index contributed by atoms with van der Waals surface area (Å²) in [7, 11) is 0. The summed E-state index contributed by atoms with van der Waals surface area (Å²) in [6.07, 6.45) is 0.311. The first-order chi connectivity index (χ1) is 21.3. The topological polar surface area (TPSA) is 50.1 Å². The summed E-state index contributed by atoms with van der Waals surface area (Å²) >= 11 is 7.06. The molecule has 0 aliphatic rings. The molecule has 0 N–H and O–H groups in total. The van der Waals surface area contributed by atoms with Crippen molar-refractivity contribution in [2.75, 3.05) is 12.4 Å². The van der Waals surface area contributed by atoms with Gasteiger partial charge in [-0.1, -0.05) is 88.7 Å². The number of ether oxygens (including phenoxy) is 1. The maximum absolute atomic E-state index is 14.1. The fourth-order valence-electron chi connectivity index (χ4n) is 3.91. The maximum atomic E-state index is 14.1. The Morgan fingerprint density at radius 1 is 0.745 bits per heavy atom. The molecule has 0 fully saturated rings. The van der Waals surface area contributed by atoms with Gasteiger partial charge >= 0.3 is 41.8 Å². The number of hydrogen-bond acceptors (Lipinski definition) is 6. The molecule has 3 nitrogen and oxygen atoms in total. The number of nitrogens with zero attached hydrogens (tertiary/aromatic N) is 1. The largest absolute Gasteiger partial charge is 0.465 e. The van der Waals surface area contributed by atoms with Crippen molar-refractivity contribution in [1.29, 1.82) is 5.26 Å². The van der Waals surface area contributed by atoms with Crippen molar-refractivity contribution in [3.63, 3.8) is 0 Å². The van der Waals surface area contributed by atoms with Crippen molar-refractivity contribution in [2.45, 2.75) is 139 Å². The molecule has 0 heterocycles. The first kappa shape index (κ1) is 45.8. The molecule has 0 aliphatic heterocycles. The molecule has 0 spiro atoms. The smallest absolute Gasteiger partial charge is 0.460 e. The van der Waals surface area contributed by atoms with Gasteiger partial charge in [-0.05, 0) is 32.4 Å². The second-order valence-electron chi connectivity index (χ2n) is 11.5. The molecule has 0 aliphatic carbocycles. The first-order valence-electron chi connectivity index (χ1n) is 14.6. The molecule has 0 amide bonds. The van der Waals surface area contributed by atoms with E-state index in [1.165, 1.54) is 39.5 Å². The van der Waals surface area contributed by atoms with E-state index in [2.05, 4.69) is 11.7 Å². The predicted molar refractivity (Wildman–Crippen MR) is 159 cm³/mol. The van der Waals surface area contributed by atoms with Gasteiger partial charge in [-0.15, -0.1) is 11.8 Å². The molecule has 19 heteroatoms. The van der Waals surface area contributed by atoms with Gasteiger partial charge in [0.05, 0.1) is 24.5 Å². The van der Waals surface area contributed by atoms with Gasteiger partial charge in [0.25, 0.3) is 0 Å². The average Bonchev–Trinajstić information content (AvgIpc) is 2.94. The summed E-state index contributed by atoms with van der Waals surface area (Å²) in [5.41, 5.74) is -1.25. The number of thioether (sulfide) groups is 2. The number of rotatable bonds is 22. The van der Waals surface area contributed by atoms with E-state index >= 15 is 0 Å². The van der Waals surface area contributed by atoms with Crippen LogP contribution in [0.15, 0.2) is 0 Å². The van der Waals surface area contributed by atoms with Crippen molar-refractivity contribution in [3.05, 3.63) is 0 Å². The minimum Gasteiger partial charge on any atom is -0.465 e. The van der Waals surface area contributed by atoms with Crippen molar-refractivity contribution in [2.24, 2.45) is 5.41 Å². The monoisotopic (exact) mass is 763 g/mol. The van der Waals surface area contributed by atoms with Gasteiger partial charge in [0.1, 0.15) is 8.78 Å².